The summed E-state index contributed by atoms with van der Waals surface area (Å²) in [6, 6.07) is 8.09. The minimum atomic E-state index is 0.0873. The summed E-state index contributed by atoms with van der Waals surface area (Å²) in [4.78, 5) is 0. The van der Waals surface area contributed by atoms with Crippen molar-refractivity contribution in [1.82, 2.24) is 0 Å². The lowest BCUT2D eigenvalue weighted by Gasteiger charge is -2.23. The van der Waals surface area contributed by atoms with E-state index in [0.717, 1.165) is 4.47 Å². The lowest BCUT2D eigenvalue weighted by Crippen LogP contribution is -2.22. The maximum Gasteiger partial charge on any atom is 0.107 e. The van der Waals surface area contributed by atoms with Gasteiger partial charge >= 0.3 is 0 Å². The van der Waals surface area contributed by atoms with Gasteiger partial charge in [0.05, 0.1) is 19.8 Å². The highest BCUT2D eigenvalue weighted by Gasteiger charge is 2.18. The van der Waals surface area contributed by atoms with Crippen molar-refractivity contribution in [2.24, 2.45) is 0 Å². The van der Waals surface area contributed by atoms with E-state index in [0.29, 0.717) is 19.8 Å². The molecule has 0 saturated carbocycles. The molecule has 1 aliphatic rings. The minimum absolute atomic E-state index is 0.0873. The second kappa shape index (κ2) is 4.22. The first-order valence-electron chi connectivity index (χ1n) is 4.31. The van der Waals surface area contributed by atoms with E-state index in [1.165, 1.54) is 5.56 Å². The van der Waals surface area contributed by atoms with Gasteiger partial charge in [-0.2, -0.15) is 0 Å². The van der Waals surface area contributed by atoms with Crippen molar-refractivity contribution in [2.75, 3.05) is 19.8 Å². The monoisotopic (exact) mass is 242 g/mol. The van der Waals surface area contributed by atoms with Crippen LogP contribution in [0.1, 0.15) is 11.7 Å². The van der Waals surface area contributed by atoms with Crippen molar-refractivity contribution in [2.45, 2.75) is 6.10 Å². The van der Waals surface area contributed by atoms with Crippen LogP contribution in [0, 0.1) is 0 Å². The first-order chi connectivity index (χ1) is 6.38. The highest BCUT2D eigenvalue weighted by atomic mass is 79.9. The number of hydrogen-bond donors (Lipinski definition) is 0. The lowest BCUT2D eigenvalue weighted by atomic mass is 10.1. The minimum Gasteiger partial charge on any atom is -0.376 e. The summed E-state index contributed by atoms with van der Waals surface area (Å²) in [7, 11) is 0. The number of benzene rings is 1. The molecule has 0 spiro atoms. The predicted molar refractivity (Wildman–Crippen MR) is 53.7 cm³/mol. The Labute approximate surface area is 86.0 Å². The van der Waals surface area contributed by atoms with E-state index in [2.05, 4.69) is 22.0 Å². The molecule has 1 aliphatic heterocycles. The van der Waals surface area contributed by atoms with E-state index in [9.17, 15) is 0 Å². The molecule has 1 aromatic carbocycles. The van der Waals surface area contributed by atoms with Crippen molar-refractivity contribution >= 4 is 15.9 Å². The third-order valence-electron chi connectivity index (χ3n) is 2.07. The summed E-state index contributed by atoms with van der Waals surface area (Å²) in [5.41, 5.74) is 1.17. The van der Waals surface area contributed by atoms with Crippen LogP contribution >= 0.6 is 15.9 Å². The van der Waals surface area contributed by atoms with Gasteiger partial charge in [-0.3, -0.25) is 0 Å². The Kier molecular flexibility index (Phi) is 2.98. The highest BCUT2D eigenvalue weighted by molar-refractivity contribution is 9.10. The van der Waals surface area contributed by atoms with E-state index in [4.69, 9.17) is 9.47 Å². The van der Waals surface area contributed by atoms with Gasteiger partial charge in [0.2, 0.25) is 0 Å². The molecule has 1 heterocycles. The highest BCUT2D eigenvalue weighted by Crippen LogP contribution is 2.27. The zero-order chi connectivity index (χ0) is 9.10. The third kappa shape index (κ3) is 2.10. The van der Waals surface area contributed by atoms with Crippen LogP contribution in [0.3, 0.4) is 0 Å². The molecule has 0 aliphatic carbocycles. The Balaban J connectivity index is 2.18. The average Bonchev–Trinajstić information content (AvgIpc) is 2.20. The SMILES string of the molecule is Brc1ccccc1[C@@H]1COCCO1. The molecule has 1 atom stereocenters. The molecule has 0 radical (unpaired) electrons. The molecule has 0 amide bonds. The first-order valence-corrected chi connectivity index (χ1v) is 5.11. The molecule has 0 unspecified atom stereocenters. The van der Waals surface area contributed by atoms with E-state index >= 15 is 0 Å². The maximum atomic E-state index is 5.59. The molecular formula is C10H11BrO2. The molecule has 13 heavy (non-hydrogen) atoms. The van der Waals surface area contributed by atoms with Crippen molar-refractivity contribution < 1.29 is 9.47 Å². The molecule has 1 saturated heterocycles. The molecule has 1 fully saturated rings. The van der Waals surface area contributed by atoms with Crippen LogP contribution in [0.2, 0.25) is 0 Å². The van der Waals surface area contributed by atoms with Gasteiger partial charge < -0.3 is 9.47 Å². The summed E-state index contributed by atoms with van der Waals surface area (Å²) in [6.45, 7) is 2.05. The average molecular weight is 243 g/mol. The van der Waals surface area contributed by atoms with Crippen molar-refractivity contribution in [1.29, 1.82) is 0 Å². The van der Waals surface area contributed by atoms with E-state index in [1.54, 1.807) is 0 Å². The molecule has 2 nitrogen and oxygen atoms in total. The van der Waals surface area contributed by atoms with Crippen molar-refractivity contribution in [3.05, 3.63) is 34.3 Å². The van der Waals surface area contributed by atoms with E-state index < -0.39 is 0 Å². The summed E-state index contributed by atoms with van der Waals surface area (Å²) in [5.74, 6) is 0. The standard InChI is InChI=1S/C10H11BrO2/c11-9-4-2-1-3-8(9)10-7-12-5-6-13-10/h1-4,10H,5-7H2/t10-/m0/s1. The fourth-order valence-electron chi connectivity index (χ4n) is 1.40. The predicted octanol–water partition coefficient (Wildman–Crippen LogP) is 2.54. The van der Waals surface area contributed by atoms with Crippen molar-refractivity contribution in [3.63, 3.8) is 0 Å². The second-order valence-corrected chi connectivity index (χ2v) is 3.81. The lowest BCUT2D eigenvalue weighted by molar-refractivity contribution is -0.0904. The van der Waals surface area contributed by atoms with Gasteiger partial charge in [0.1, 0.15) is 6.10 Å². The Hall–Kier alpha value is -0.380. The van der Waals surface area contributed by atoms with Gasteiger partial charge in [-0.1, -0.05) is 34.1 Å². The molecule has 3 heteroatoms. The molecule has 0 bridgehead atoms. The van der Waals surface area contributed by atoms with Crippen molar-refractivity contribution in [3.8, 4) is 0 Å². The number of rotatable bonds is 1. The molecule has 0 aromatic heterocycles. The van der Waals surface area contributed by atoms with Gasteiger partial charge in [0.25, 0.3) is 0 Å². The zero-order valence-electron chi connectivity index (χ0n) is 7.20. The van der Waals surface area contributed by atoms with E-state index in [-0.39, 0.29) is 6.10 Å². The Bertz CT molecular complexity index is 282. The van der Waals surface area contributed by atoms with Crippen LogP contribution in [0.25, 0.3) is 0 Å². The zero-order valence-corrected chi connectivity index (χ0v) is 8.79. The van der Waals surface area contributed by atoms with Gasteiger partial charge in [0, 0.05) is 4.47 Å². The number of hydrogen-bond acceptors (Lipinski definition) is 2. The second-order valence-electron chi connectivity index (χ2n) is 2.96. The van der Waals surface area contributed by atoms with Gasteiger partial charge in [-0.15, -0.1) is 0 Å². The summed E-state index contributed by atoms with van der Waals surface area (Å²) in [6.07, 6.45) is 0.0873. The maximum absolute atomic E-state index is 5.59. The summed E-state index contributed by atoms with van der Waals surface area (Å²) < 4.78 is 12.0. The third-order valence-corrected chi connectivity index (χ3v) is 2.79. The summed E-state index contributed by atoms with van der Waals surface area (Å²) >= 11 is 3.50. The number of ether oxygens (including phenoxy) is 2. The first kappa shape index (κ1) is 9.19. The van der Waals surface area contributed by atoms with Gasteiger partial charge in [-0.05, 0) is 11.6 Å². The van der Waals surface area contributed by atoms with Gasteiger partial charge in [-0.25, -0.2) is 0 Å². The molecular weight excluding hydrogens is 232 g/mol. The Morgan fingerprint density at radius 2 is 2.08 bits per heavy atom. The van der Waals surface area contributed by atoms with Gasteiger partial charge in [0.15, 0.2) is 0 Å². The Morgan fingerprint density at radius 3 is 2.77 bits per heavy atom. The molecule has 70 valence electrons. The topological polar surface area (TPSA) is 18.5 Å². The summed E-state index contributed by atoms with van der Waals surface area (Å²) in [5, 5.41) is 0. The van der Waals surface area contributed by atoms with Crippen LogP contribution < -0.4 is 0 Å². The molecule has 2 rings (SSSR count). The normalized spacial score (nSPS) is 23.0. The fraction of sp³-hybridized carbons (Fsp3) is 0.400. The van der Waals surface area contributed by atoms with Crippen LogP contribution in [0.15, 0.2) is 28.7 Å². The fourth-order valence-corrected chi connectivity index (χ4v) is 1.94. The van der Waals surface area contributed by atoms with Crippen LogP contribution in [0.5, 0.6) is 0 Å². The largest absolute Gasteiger partial charge is 0.376 e. The molecule has 0 N–H and O–H groups in total. The van der Waals surface area contributed by atoms with E-state index in [1.807, 2.05) is 18.2 Å². The quantitative estimate of drug-likeness (QED) is 0.754. The van der Waals surface area contributed by atoms with Crippen LogP contribution in [0.4, 0.5) is 0 Å². The van der Waals surface area contributed by atoms with Crippen LogP contribution in [-0.2, 0) is 9.47 Å². The number of halogens is 1. The smallest absolute Gasteiger partial charge is 0.107 e. The molecule has 1 aromatic rings. The Morgan fingerprint density at radius 1 is 1.23 bits per heavy atom. The van der Waals surface area contributed by atoms with Crippen LogP contribution in [-0.4, -0.2) is 19.8 Å².